The summed E-state index contributed by atoms with van der Waals surface area (Å²) in [5, 5.41) is 0. The fourth-order valence-electron chi connectivity index (χ4n) is 3.05. The molecule has 0 N–H and O–H groups in total. The Hall–Kier alpha value is -1.84. The van der Waals surface area contributed by atoms with Crippen molar-refractivity contribution in [1.29, 1.82) is 0 Å². The van der Waals surface area contributed by atoms with Crippen LogP contribution in [0.4, 0.5) is 0 Å². The lowest BCUT2D eigenvalue weighted by molar-refractivity contribution is -0.142. The Morgan fingerprint density at radius 2 is 2.08 bits per heavy atom. The van der Waals surface area contributed by atoms with E-state index in [4.69, 9.17) is 9.47 Å². The molecule has 0 aliphatic carbocycles. The molecule has 4 heteroatoms. The molecule has 0 aromatic rings. The summed E-state index contributed by atoms with van der Waals surface area (Å²) in [7, 11) is 0. The third-order valence-corrected chi connectivity index (χ3v) is 4.56. The molecule has 0 fully saturated rings. The van der Waals surface area contributed by atoms with Crippen molar-refractivity contribution in [2.75, 3.05) is 0 Å². The van der Waals surface area contributed by atoms with E-state index in [2.05, 4.69) is 19.9 Å². The number of hydrogen-bond acceptors (Lipinski definition) is 4. The van der Waals surface area contributed by atoms with E-state index < -0.39 is 5.60 Å². The van der Waals surface area contributed by atoms with Crippen LogP contribution in [0.1, 0.15) is 60.3 Å². The molecular formula is C20H28O4. The standard InChI is InChI=1S/C20H28O4/c1-13(9-16-10-14(2)11-19(22)23-16)7-6-8-15(3)17-12-18(21)20(4,5)24-17/h9,11-12,15-16H,6-8,10H2,1-5H3/t15?,16-/m1/s1. The molecule has 2 rings (SSSR count). The van der Waals surface area contributed by atoms with Gasteiger partial charge in [-0.1, -0.05) is 18.1 Å². The molecule has 0 saturated heterocycles. The lowest BCUT2D eigenvalue weighted by atomic mass is 9.98. The molecule has 0 aromatic heterocycles. The van der Waals surface area contributed by atoms with Crippen molar-refractivity contribution in [2.45, 2.75) is 72.0 Å². The third kappa shape index (κ3) is 4.83. The van der Waals surface area contributed by atoms with Gasteiger partial charge in [0.1, 0.15) is 11.9 Å². The quantitative estimate of drug-likeness (QED) is 0.538. The Morgan fingerprint density at radius 1 is 1.38 bits per heavy atom. The summed E-state index contributed by atoms with van der Waals surface area (Å²) in [6.45, 7) is 9.73. The summed E-state index contributed by atoms with van der Waals surface area (Å²) in [6.07, 6.45) is 8.81. The van der Waals surface area contributed by atoms with E-state index in [1.165, 1.54) is 5.57 Å². The first-order valence-corrected chi connectivity index (χ1v) is 8.67. The van der Waals surface area contributed by atoms with Gasteiger partial charge in [-0.25, -0.2) is 4.79 Å². The van der Waals surface area contributed by atoms with Gasteiger partial charge in [0.05, 0.1) is 0 Å². The number of carbonyl (C=O) groups is 2. The number of carbonyl (C=O) groups excluding carboxylic acids is 2. The Morgan fingerprint density at radius 3 is 2.67 bits per heavy atom. The van der Waals surface area contributed by atoms with Crippen LogP contribution in [0.15, 0.2) is 35.1 Å². The number of ketones is 1. The van der Waals surface area contributed by atoms with Gasteiger partial charge in [-0.2, -0.15) is 0 Å². The zero-order valence-corrected chi connectivity index (χ0v) is 15.3. The normalized spacial score (nSPS) is 24.9. The summed E-state index contributed by atoms with van der Waals surface area (Å²) in [6, 6.07) is 0. The van der Waals surface area contributed by atoms with Crippen LogP contribution < -0.4 is 0 Å². The largest absolute Gasteiger partial charge is 0.484 e. The van der Waals surface area contributed by atoms with E-state index in [-0.39, 0.29) is 23.8 Å². The number of cyclic esters (lactones) is 1. The van der Waals surface area contributed by atoms with Gasteiger partial charge in [-0.05, 0) is 53.0 Å². The molecule has 0 aromatic carbocycles. The highest BCUT2D eigenvalue weighted by molar-refractivity contribution is 5.98. The van der Waals surface area contributed by atoms with Crippen molar-refractivity contribution >= 4 is 11.8 Å². The first-order valence-electron chi connectivity index (χ1n) is 8.67. The minimum absolute atomic E-state index is 0.0444. The van der Waals surface area contributed by atoms with E-state index in [0.717, 1.165) is 37.0 Å². The minimum atomic E-state index is -0.713. The number of ether oxygens (including phenoxy) is 2. The van der Waals surface area contributed by atoms with Crippen molar-refractivity contribution in [2.24, 2.45) is 5.92 Å². The maximum absolute atomic E-state index is 11.8. The molecule has 2 heterocycles. The molecule has 0 amide bonds. The van der Waals surface area contributed by atoms with Crippen molar-refractivity contribution in [3.05, 3.63) is 35.1 Å². The Labute approximate surface area is 144 Å². The zero-order valence-electron chi connectivity index (χ0n) is 15.3. The highest BCUT2D eigenvalue weighted by Gasteiger charge is 2.36. The second kappa shape index (κ2) is 7.37. The molecule has 2 aliphatic rings. The first-order chi connectivity index (χ1) is 11.2. The lowest BCUT2D eigenvalue weighted by Gasteiger charge is -2.21. The van der Waals surface area contributed by atoms with Crippen molar-refractivity contribution in [3.63, 3.8) is 0 Å². The van der Waals surface area contributed by atoms with E-state index in [1.807, 2.05) is 6.92 Å². The van der Waals surface area contributed by atoms with Gasteiger partial charge in [0, 0.05) is 24.5 Å². The molecule has 2 aliphatic heterocycles. The summed E-state index contributed by atoms with van der Waals surface area (Å²) in [5.41, 5.74) is 1.58. The van der Waals surface area contributed by atoms with Gasteiger partial charge in [0.25, 0.3) is 0 Å². The lowest BCUT2D eigenvalue weighted by Crippen LogP contribution is -2.28. The van der Waals surface area contributed by atoms with Gasteiger partial charge in [-0.15, -0.1) is 0 Å². The SMILES string of the molecule is CC(=C[C@@H]1CC(C)=CC(=O)O1)CCCC(C)C1=CC(=O)C(C)(C)O1. The number of hydrogen-bond donors (Lipinski definition) is 0. The van der Waals surface area contributed by atoms with Crippen molar-refractivity contribution in [3.8, 4) is 0 Å². The number of rotatable bonds is 6. The van der Waals surface area contributed by atoms with Crippen LogP contribution in [0.2, 0.25) is 0 Å². The smallest absolute Gasteiger partial charge is 0.331 e. The average molecular weight is 332 g/mol. The minimum Gasteiger partial charge on any atom is -0.484 e. The summed E-state index contributed by atoms with van der Waals surface area (Å²) in [4.78, 5) is 23.2. The third-order valence-electron chi connectivity index (χ3n) is 4.56. The number of esters is 1. The molecule has 0 spiro atoms. The Bertz CT molecular complexity index is 607. The van der Waals surface area contributed by atoms with E-state index >= 15 is 0 Å². The number of allylic oxidation sites excluding steroid dienone is 2. The van der Waals surface area contributed by atoms with Crippen LogP contribution in [-0.4, -0.2) is 23.5 Å². The summed E-state index contributed by atoms with van der Waals surface area (Å²) < 4.78 is 11.1. The summed E-state index contributed by atoms with van der Waals surface area (Å²) >= 11 is 0. The average Bonchev–Trinajstić information content (AvgIpc) is 2.71. The van der Waals surface area contributed by atoms with Gasteiger partial charge >= 0.3 is 5.97 Å². The van der Waals surface area contributed by atoms with E-state index in [1.54, 1.807) is 26.0 Å². The van der Waals surface area contributed by atoms with Crippen LogP contribution in [0.5, 0.6) is 0 Å². The maximum Gasteiger partial charge on any atom is 0.331 e. The first kappa shape index (κ1) is 18.5. The van der Waals surface area contributed by atoms with Crippen LogP contribution >= 0.6 is 0 Å². The van der Waals surface area contributed by atoms with Gasteiger partial charge < -0.3 is 9.47 Å². The predicted molar refractivity (Wildman–Crippen MR) is 93.3 cm³/mol. The second-order valence-electron chi connectivity index (χ2n) is 7.50. The molecule has 1 unspecified atom stereocenters. The zero-order chi connectivity index (χ0) is 17.9. The molecule has 2 atom stereocenters. The summed E-state index contributed by atoms with van der Waals surface area (Å²) in [5.74, 6) is 0.830. The highest BCUT2D eigenvalue weighted by Crippen LogP contribution is 2.31. The van der Waals surface area contributed by atoms with Crippen LogP contribution in [-0.2, 0) is 19.1 Å². The monoisotopic (exact) mass is 332 g/mol. The van der Waals surface area contributed by atoms with Gasteiger partial charge in [0.15, 0.2) is 5.60 Å². The molecular weight excluding hydrogens is 304 g/mol. The molecule has 0 radical (unpaired) electrons. The predicted octanol–water partition coefficient (Wildman–Crippen LogP) is 4.26. The fourth-order valence-corrected chi connectivity index (χ4v) is 3.05. The van der Waals surface area contributed by atoms with Crippen molar-refractivity contribution in [1.82, 2.24) is 0 Å². The fraction of sp³-hybridized carbons (Fsp3) is 0.600. The maximum atomic E-state index is 11.8. The van der Waals surface area contributed by atoms with Crippen LogP contribution in [0.25, 0.3) is 0 Å². The highest BCUT2D eigenvalue weighted by atomic mass is 16.5. The van der Waals surface area contributed by atoms with Crippen molar-refractivity contribution < 1.29 is 19.1 Å². The molecule has 4 nitrogen and oxygen atoms in total. The Balaban J connectivity index is 1.79. The molecule has 24 heavy (non-hydrogen) atoms. The molecule has 0 bridgehead atoms. The van der Waals surface area contributed by atoms with Gasteiger partial charge in [-0.3, -0.25) is 4.79 Å². The van der Waals surface area contributed by atoms with Gasteiger partial charge in [0.2, 0.25) is 5.78 Å². The second-order valence-corrected chi connectivity index (χ2v) is 7.50. The van der Waals surface area contributed by atoms with Crippen LogP contribution in [0, 0.1) is 5.92 Å². The molecule has 132 valence electrons. The van der Waals surface area contributed by atoms with Crippen LogP contribution in [0.3, 0.4) is 0 Å². The topological polar surface area (TPSA) is 52.6 Å². The van der Waals surface area contributed by atoms with E-state index in [9.17, 15) is 9.59 Å². The van der Waals surface area contributed by atoms with E-state index in [0.29, 0.717) is 0 Å². The Kier molecular flexibility index (Phi) is 5.68. The molecule has 0 saturated carbocycles.